The number of halogens is 3. The van der Waals surface area contributed by atoms with Crippen LogP contribution in [-0.2, 0) is 9.47 Å². The van der Waals surface area contributed by atoms with Crippen LogP contribution in [0.2, 0.25) is 10.0 Å². The van der Waals surface area contributed by atoms with Crippen molar-refractivity contribution in [1.82, 2.24) is 4.57 Å². The molecule has 0 aliphatic carbocycles. The Bertz CT molecular complexity index is 1300. The average molecular weight is 523 g/mol. The highest BCUT2D eigenvalue weighted by atomic mass is 35.5. The monoisotopic (exact) mass is 522 g/mol. The van der Waals surface area contributed by atoms with Crippen LogP contribution in [0, 0.1) is 5.82 Å². The zero-order chi connectivity index (χ0) is 25.9. The number of aromatic nitrogens is 1. The molecule has 0 saturated carbocycles. The molecule has 0 radical (unpaired) electrons. The largest absolute Gasteiger partial charge is 0.461 e. The molecule has 2 aromatic carbocycles. The maximum absolute atomic E-state index is 13.5. The fourth-order valence-corrected chi connectivity index (χ4v) is 4.08. The standard InChI is InChI=1S/C25H25Cl2FN2O5/c1-5-34-23(32)22-21(29-10-9-19(31)14-7-6-8-16(28)11-14)20-17(27)12-15(26)13-18(20)30(22)24(33)35-25(2,3)4/h6-8,11-13,29H,5,9-10H2,1-4H3. The number of fused-ring (bicyclic) bond motifs is 1. The fourth-order valence-electron chi connectivity index (χ4n) is 3.50. The molecule has 3 aromatic rings. The third-order valence-electron chi connectivity index (χ3n) is 4.83. The summed E-state index contributed by atoms with van der Waals surface area (Å²) >= 11 is 12.7. The van der Waals surface area contributed by atoms with Gasteiger partial charge in [0.1, 0.15) is 11.4 Å². The first-order valence-corrected chi connectivity index (χ1v) is 11.6. The van der Waals surface area contributed by atoms with Crippen LogP contribution in [0.5, 0.6) is 0 Å². The summed E-state index contributed by atoms with van der Waals surface area (Å²) in [6.07, 6.45) is -0.844. The van der Waals surface area contributed by atoms with Crippen molar-refractivity contribution in [3.63, 3.8) is 0 Å². The van der Waals surface area contributed by atoms with Gasteiger partial charge in [0.2, 0.25) is 0 Å². The minimum atomic E-state index is -0.854. The van der Waals surface area contributed by atoms with Crippen LogP contribution in [0.15, 0.2) is 36.4 Å². The van der Waals surface area contributed by atoms with Gasteiger partial charge in [0.15, 0.2) is 11.5 Å². The smallest absolute Gasteiger partial charge is 0.419 e. The third kappa shape index (κ3) is 6.13. The van der Waals surface area contributed by atoms with Gasteiger partial charge in [0.25, 0.3) is 0 Å². The lowest BCUT2D eigenvalue weighted by molar-refractivity contribution is 0.0455. The highest BCUT2D eigenvalue weighted by Crippen LogP contribution is 2.39. The summed E-state index contributed by atoms with van der Waals surface area (Å²) in [6, 6.07) is 8.33. The summed E-state index contributed by atoms with van der Waals surface area (Å²) in [5.41, 5.74) is -0.346. The van der Waals surface area contributed by atoms with Crippen molar-refractivity contribution >= 4 is 57.6 Å². The molecule has 7 nitrogen and oxygen atoms in total. The number of nitrogens with one attached hydrogen (secondary N) is 1. The van der Waals surface area contributed by atoms with Crippen molar-refractivity contribution in [3.05, 3.63) is 63.5 Å². The first-order valence-electron chi connectivity index (χ1n) is 10.9. The lowest BCUT2D eigenvalue weighted by Gasteiger charge is -2.20. The second-order valence-electron chi connectivity index (χ2n) is 8.65. The van der Waals surface area contributed by atoms with Gasteiger partial charge >= 0.3 is 12.1 Å². The number of hydrogen-bond acceptors (Lipinski definition) is 6. The molecule has 3 rings (SSSR count). The van der Waals surface area contributed by atoms with Gasteiger partial charge in [-0.25, -0.2) is 18.5 Å². The minimum absolute atomic E-state index is 0.0178. The summed E-state index contributed by atoms with van der Waals surface area (Å²) in [7, 11) is 0. The van der Waals surface area contributed by atoms with Gasteiger partial charge in [-0.1, -0.05) is 35.3 Å². The second kappa shape index (κ2) is 10.7. The van der Waals surface area contributed by atoms with Crippen molar-refractivity contribution in [2.75, 3.05) is 18.5 Å². The van der Waals surface area contributed by atoms with Crippen LogP contribution < -0.4 is 5.32 Å². The number of carbonyl (C=O) groups is 3. The molecule has 10 heteroatoms. The van der Waals surface area contributed by atoms with E-state index in [1.807, 2.05) is 0 Å². The Hall–Kier alpha value is -3.10. The lowest BCUT2D eigenvalue weighted by atomic mass is 10.1. The van der Waals surface area contributed by atoms with E-state index in [4.69, 9.17) is 32.7 Å². The molecular weight excluding hydrogens is 498 g/mol. The summed E-state index contributed by atoms with van der Waals surface area (Å²) in [6.45, 7) is 6.83. The predicted molar refractivity (Wildman–Crippen MR) is 133 cm³/mol. The normalized spacial score (nSPS) is 11.4. The zero-order valence-electron chi connectivity index (χ0n) is 19.7. The van der Waals surface area contributed by atoms with Crippen molar-refractivity contribution in [2.45, 2.75) is 39.7 Å². The Morgan fingerprint density at radius 2 is 1.83 bits per heavy atom. The molecule has 1 N–H and O–H groups in total. The van der Waals surface area contributed by atoms with Gasteiger partial charge in [0, 0.05) is 28.9 Å². The highest BCUT2D eigenvalue weighted by molar-refractivity contribution is 6.40. The SMILES string of the molecule is CCOC(=O)c1c(NCCC(=O)c2cccc(F)c2)c2c(Cl)cc(Cl)cc2n1C(=O)OC(C)(C)C. The number of esters is 1. The molecule has 0 aliphatic rings. The minimum Gasteiger partial charge on any atom is -0.461 e. The number of hydrogen-bond donors (Lipinski definition) is 1. The van der Waals surface area contributed by atoms with Crippen molar-refractivity contribution in [2.24, 2.45) is 0 Å². The number of carbonyl (C=O) groups excluding carboxylic acids is 3. The van der Waals surface area contributed by atoms with Gasteiger partial charge in [-0.15, -0.1) is 0 Å². The summed E-state index contributed by atoms with van der Waals surface area (Å²) in [5, 5.41) is 3.80. The van der Waals surface area contributed by atoms with Gasteiger partial charge in [-0.2, -0.15) is 0 Å². The molecule has 0 spiro atoms. The van der Waals surface area contributed by atoms with Gasteiger partial charge in [-0.05, 0) is 52.0 Å². The van der Waals surface area contributed by atoms with Crippen LogP contribution in [0.25, 0.3) is 10.9 Å². The Morgan fingerprint density at radius 3 is 2.46 bits per heavy atom. The number of Topliss-reactive ketones (excluding diaryl/α,β-unsaturated/α-hetero) is 1. The zero-order valence-corrected chi connectivity index (χ0v) is 21.2. The molecule has 0 aliphatic heterocycles. The first-order chi connectivity index (χ1) is 16.4. The number of rotatable bonds is 7. The topological polar surface area (TPSA) is 86.6 Å². The quantitative estimate of drug-likeness (QED) is 0.273. The lowest BCUT2D eigenvalue weighted by Crippen LogP contribution is -2.29. The molecule has 35 heavy (non-hydrogen) atoms. The fraction of sp³-hybridized carbons (Fsp3) is 0.320. The van der Waals surface area contributed by atoms with E-state index in [1.54, 1.807) is 27.7 Å². The Kier molecular flexibility index (Phi) is 8.07. The molecule has 1 heterocycles. The Balaban J connectivity index is 2.08. The van der Waals surface area contributed by atoms with E-state index >= 15 is 0 Å². The number of ketones is 1. The predicted octanol–water partition coefficient (Wildman–Crippen LogP) is 6.73. The van der Waals surface area contributed by atoms with E-state index in [0.717, 1.165) is 10.6 Å². The number of nitrogens with zero attached hydrogens (tertiary/aromatic N) is 1. The summed E-state index contributed by atoms with van der Waals surface area (Å²) < 4.78 is 25.3. The van der Waals surface area contributed by atoms with Crippen LogP contribution in [0.1, 0.15) is 55.0 Å². The van der Waals surface area contributed by atoms with E-state index in [2.05, 4.69) is 5.32 Å². The molecule has 186 valence electrons. The first kappa shape index (κ1) is 26.5. The van der Waals surface area contributed by atoms with Gasteiger partial charge in [-0.3, -0.25) is 4.79 Å². The highest BCUT2D eigenvalue weighted by Gasteiger charge is 2.31. The number of ether oxygens (including phenoxy) is 2. The van der Waals surface area contributed by atoms with Gasteiger partial charge in [0.05, 0.1) is 22.8 Å². The number of anilines is 1. The molecular formula is C25H25Cl2FN2O5. The summed E-state index contributed by atoms with van der Waals surface area (Å²) in [5.74, 6) is -1.61. The average Bonchev–Trinajstić information content (AvgIpc) is 3.07. The molecule has 1 aromatic heterocycles. The van der Waals surface area contributed by atoms with Gasteiger partial charge < -0.3 is 14.8 Å². The van der Waals surface area contributed by atoms with E-state index in [-0.39, 0.29) is 57.9 Å². The summed E-state index contributed by atoms with van der Waals surface area (Å²) in [4.78, 5) is 38.7. The van der Waals surface area contributed by atoms with Crippen molar-refractivity contribution in [1.29, 1.82) is 0 Å². The maximum Gasteiger partial charge on any atom is 0.419 e. The Morgan fingerprint density at radius 1 is 1.11 bits per heavy atom. The molecule has 0 amide bonds. The van der Waals surface area contributed by atoms with Crippen molar-refractivity contribution in [3.8, 4) is 0 Å². The van der Waals surface area contributed by atoms with E-state index in [0.29, 0.717) is 5.39 Å². The number of benzene rings is 2. The van der Waals surface area contributed by atoms with E-state index < -0.39 is 23.5 Å². The molecule has 0 fully saturated rings. The van der Waals surface area contributed by atoms with E-state index in [9.17, 15) is 18.8 Å². The van der Waals surface area contributed by atoms with Crippen LogP contribution in [0.3, 0.4) is 0 Å². The van der Waals surface area contributed by atoms with Crippen LogP contribution >= 0.6 is 23.2 Å². The second-order valence-corrected chi connectivity index (χ2v) is 9.50. The molecule has 0 atom stereocenters. The van der Waals surface area contributed by atoms with Crippen LogP contribution in [0.4, 0.5) is 14.9 Å². The molecule has 0 unspecified atom stereocenters. The maximum atomic E-state index is 13.5. The molecule has 0 bridgehead atoms. The molecule has 0 saturated heterocycles. The van der Waals surface area contributed by atoms with E-state index in [1.165, 1.54) is 30.3 Å². The third-order valence-corrected chi connectivity index (χ3v) is 5.35. The van der Waals surface area contributed by atoms with Crippen LogP contribution in [-0.4, -0.2) is 41.2 Å². The Labute approximate surface area is 212 Å². The van der Waals surface area contributed by atoms with Crippen molar-refractivity contribution < 1.29 is 28.2 Å².